The van der Waals surface area contributed by atoms with Crippen molar-refractivity contribution in [1.82, 2.24) is 5.32 Å². The fourth-order valence-corrected chi connectivity index (χ4v) is 2.95. The number of carbonyl (C=O) groups is 1. The minimum Gasteiger partial charge on any atom is -0.396 e. The number of nitriles is 1. The first-order chi connectivity index (χ1) is 9.13. The van der Waals surface area contributed by atoms with Crippen LogP contribution >= 0.6 is 22.9 Å². The highest BCUT2D eigenvalue weighted by atomic mass is 35.5. The van der Waals surface area contributed by atoms with E-state index < -0.39 is 0 Å². The van der Waals surface area contributed by atoms with E-state index in [-0.39, 0.29) is 30.2 Å². The van der Waals surface area contributed by atoms with E-state index in [0.717, 1.165) is 0 Å². The van der Waals surface area contributed by atoms with Crippen LogP contribution in [0.5, 0.6) is 0 Å². The van der Waals surface area contributed by atoms with E-state index in [0.29, 0.717) is 16.4 Å². The summed E-state index contributed by atoms with van der Waals surface area (Å²) in [7, 11) is 0. The highest BCUT2D eigenvalue weighted by molar-refractivity contribution is 7.15. The number of rotatable bonds is 3. The van der Waals surface area contributed by atoms with Crippen LogP contribution in [0.4, 0.5) is 9.80 Å². The van der Waals surface area contributed by atoms with Crippen molar-refractivity contribution in [3.8, 4) is 6.07 Å². The number of urea groups is 1. The lowest BCUT2D eigenvalue weighted by Crippen LogP contribution is -2.36. The molecule has 0 aromatic carbocycles. The third-order valence-corrected chi connectivity index (χ3v) is 4.13. The zero-order valence-corrected chi connectivity index (χ0v) is 11.5. The molecule has 0 bridgehead atoms. The molecule has 0 unspecified atom stereocenters. The minimum absolute atomic E-state index is 0.0788. The molecule has 19 heavy (non-hydrogen) atoms. The molecule has 0 saturated carbocycles. The van der Waals surface area contributed by atoms with Crippen molar-refractivity contribution in [3.05, 3.63) is 28.1 Å². The molecule has 1 aromatic heterocycles. The van der Waals surface area contributed by atoms with Crippen molar-refractivity contribution in [2.45, 2.75) is 12.5 Å². The number of aliphatic hydroxyl groups is 1. The van der Waals surface area contributed by atoms with Crippen molar-refractivity contribution in [3.63, 3.8) is 0 Å². The van der Waals surface area contributed by atoms with Gasteiger partial charge in [0.05, 0.1) is 5.02 Å². The van der Waals surface area contributed by atoms with Gasteiger partial charge in [-0.05, 0) is 6.42 Å². The van der Waals surface area contributed by atoms with Crippen molar-refractivity contribution in [1.29, 1.82) is 5.26 Å². The Kier molecular flexibility index (Phi) is 4.43. The molecule has 0 radical (unpaired) electrons. The SMILES string of the molecule is N#Cc1c(Cl)csc1NC(=O)N[C@@H]1C=C[C@H](CO)C1. The first-order valence-corrected chi connectivity index (χ1v) is 6.93. The van der Waals surface area contributed by atoms with Crippen molar-refractivity contribution >= 4 is 34.0 Å². The lowest BCUT2D eigenvalue weighted by Gasteiger charge is -2.13. The number of hydrogen-bond acceptors (Lipinski definition) is 4. The quantitative estimate of drug-likeness (QED) is 0.749. The average molecular weight is 298 g/mol. The van der Waals surface area contributed by atoms with Gasteiger partial charge in [-0.25, -0.2) is 4.79 Å². The van der Waals surface area contributed by atoms with Gasteiger partial charge in [-0.2, -0.15) is 5.26 Å². The van der Waals surface area contributed by atoms with Gasteiger partial charge in [0.25, 0.3) is 0 Å². The number of hydrogen-bond donors (Lipinski definition) is 3. The van der Waals surface area contributed by atoms with Gasteiger partial charge < -0.3 is 10.4 Å². The molecule has 2 rings (SSSR count). The standard InChI is InChI=1S/C12H12ClN3O2S/c13-10-6-19-11(9(10)4-14)16-12(18)15-8-2-1-7(3-8)5-17/h1-2,6-8,17H,3,5H2,(H2,15,16,18)/t7-,8+/m0/s1. The smallest absolute Gasteiger partial charge is 0.320 e. The summed E-state index contributed by atoms with van der Waals surface area (Å²) in [5.74, 6) is 0.0937. The van der Waals surface area contributed by atoms with Gasteiger partial charge in [0.15, 0.2) is 0 Å². The number of amides is 2. The van der Waals surface area contributed by atoms with Crippen molar-refractivity contribution < 1.29 is 9.90 Å². The summed E-state index contributed by atoms with van der Waals surface area (Å²) < 4.78 is 0. The Hall–Kier alpha value is -1.55. The Labute approximate surface area is 119 Å². The molecule has 7 heteroatoms. The molecule has 1 aliphatic carbocycles. The van der Waals surface area contributed by atoms with E-state index >= 15 is 0 Å². The number of thiophene rings is 1. The Morgan fingerprint density at radius 1 is 1.63 bits per heavy atom. The molecule has 0 spiro atoms. The molecule has 0 saturated heterocycles. The summed E-state index contributed by atoms with van der Waals surface area (Å²) in [6.07, 6.45) is 4.42. The van der Waals surface area contributed by atoms with E-state index in [1.54, 1.807) is 5.38 Å². The molecule has 2 amide bonds. The zero-order valence-electron chi connectivity index (χ0n) is 9.89. The van der Waals surface area contributed by atoms with Gasteiger partial charge in [-0.3, -0.25) is 5.32 Å². The molecule has 3 N–H and O–H groups in total. The van der Waals surface area contributed by atoms with Gasteiger partial charge >= 0.3 is 6.03 Å². The molecule has 5 nitrogen and oxygen atoms in total. The normalized spacial score (nSPS) is 21.1. The van der Waals surface area contributed by atoms with E-state index in [4.69, 9.17) is 22.0 Å². The van der Waals surface area contributed by atoms with Crippen LogP contribution < -0.4 is 10.6 Å². The zero-order chi connectivity index (χ0) is 13.8. The van der Waals surface area contributed by atoms with Crippen LogP contribution in [0.1, 0.15) is 12.0 Å². The van der Waals surface area contributed by atoms with E-state index in [1.807, 2.05) is 18.2 Å². The summed E-state index contributed by atoms with van der Waals surface area (Å²) in [5, 5.41) is 25.7. The van der Waals surface area contributed by atoms with Gasteiger partial charge in [0, 0.05) is 23.9 Å². The molecule has 0 aliphatic heterocycles. The predicted molar refractivity (Wildman–Crippen MR) is 74.3 cm³/mol. The number of carbonyl (C=O) groups excluding carboxylic acids is 1. The Morgan fingerprint density at radius 3 is 3.05 bits per heavy atom. The summed E-state index contributed by atoms with van der Waals surface area (Å²) >= 11 is 7.02. The summed E-state index contributed by atoms with van der Waals surface area (Å²) in [6, 6.07) is 1.46. The highest BCUT2D eigenvalue weighted by Crippen LogP contribution is 2.31. The van der Waals surface area contributed by atoms with Gasteiger partial charge in [-0.15, -0.1) is 11.3 Å². The van der Waals surface area contributed by atoms with Crippen LogP contribution in [-0.4, -0.2) is 23.8 Å². The maximum atomic E-state index is 11.8. The van der Waals surface area contributed by atoms with Crippen LogP contribution in [-0.2, 0) is 0 Å². The van der Waals surface area contributed by atoms with E-state index in [9.17, 15) is 4.79 Å². The van der Waals surface area contributed by atoms with Gasteiger partial charge in [0.1, 0.15) is 16.6 Å². The van der Waals surface area contributed by atoms with Gasteiger partial charge in [0.2, 0.25) is 0 Å². The van der Waals surface area contributed by atoms with Crippen molar-refractivity contribution in [2.24, 2.45) is 5.92 Å². The second kappa shape index (κ2) is 6.06. The number of aliphatic hydroxyl groups excluding tert-OH is 1. The Morgan fingerprint density at radius 2 is 2.42 bits per heavy atom. The lowest BCUT2D eigenvalue weighted by atomic mass is 10.1. The maximum absolute atomic E-state index is 11.8. The topological polar surface area (TPSA) is 85.2 Å². The van der Waals surface area contributed by atoms with E-state index in [1.165, 1.54) is 11.3 Å². The predicted octanol–water partition coefficient (Wildman–Crippen LogP) is 2.33. The number of nitrogens with zero attached hydrogens (tertiary/aromatic N) is 1. The molecule has 0 fully saturated rings. The first-order valence-electron chi connectivity index (χ1n) is 5.67. The second-order valence-electron chi connectivity index (χ2n) is 4.17. The fraction of sp³-hybridized carbons (Fsp3) is 0.333. The molecular weight excluding hydrogens is 286 g/mol. The summed E-state index contributed by atoms with van der Waals surface area (Å²) in [6.45, 7) is 0.0788. The average Bonchev–Trinajstić information content (AvgIpc) is 2.96. The Bertz CT molecular complexity index is 550. The largest absolute Gasteiger partial charge is 0.396 e. The van der Waals surface area contributed by atoms with Crippen molar-refractivity contribution in [2.75, 3.05) is 11.9 Å². The number of halogens is 1. The van der Waals surface area contributed by atoms with Crippen LogP contribution in [0.25, 0.3) is 0 Å². The van der Waals surface area contributed by atoms with Crippen LogP contribution in [0.3, 0.4) is 0 Å². The molecule has 100 valence electrons. The molecule has 2 atom stereocenters. The highest BCUT2D eigenvalue weighted by Gasteiger charge is 2.20. The molecule has 1 aliphatic rings. The molecular formula is C12H12ClN3O2S. The number of nitrogens with one attached hydrogen (secondary N) is 2. The van der Waals surface area contributed by atoms with Crippen LogP contribution in [0, 0.1) is 17.2 Å². The third-order valence-electron chi connectivity index (χ3n) is 2.81. The lowest BCUT2D eigenvalue weighted by molar-refractivity contribution is 0.238. The third kappa shape index (κ3) is 3.26. The molecule has 1 aromatic rings. The summed E-state index contributed by atoms with van der Waals surface area (Å²) in [4.78, 5) is 11.8. The Balaban J connectivity index is 1.92. The fourth-order valence-electron chi connectivity index (χ4n) is 1.86. The monoisotopic (exact) mass is 297 g/mol. The summed E-state index contributed by atoms with van der Waals surface area (Å²) in [5.41, 5.74) is 0.275. The van der Waals surface area contributed by atoms with Crippen LogP contribution in [0.15, 0.2) is 17.5 Å². The molecule has 1 heterocycles. The minimum atomic E-state index is -0.386. The van der Waals surface area contributed by atoms with Gasteiger partial charge in [-0.1, -0.05) is 23.8 Å². The maximum Gasteiger partial charge on any atom is 0.320 e. The van der Waals surface area contributed by atoms with E-state index in [2.05, 4.69) is 10.6 Å². The van der Waals surface area contributed by atoms with Crippen LogP contribution in [0.2, 0.25) is 5.02 Å². The first kappa shape index (κ1) is 13.9. The second-order valence-corrected chi connectivity index (χ2v) is 5.45. The number of anilines is 1.